The van der Waals surface area contributed by atoms with Crippen LogP contribution in [0.15, 0.2) is 42.5 Å². The van der Waals surface area contributed by atoms with Crippen LogP contribution in [0.4, 0.5) is 31.5 Å². The van der Waals surface area contributed by atoms with Gasteiger partial charge in [-0.25, -0.2) is 0 Å². The summed E-state index contributed by atoms with van der Waals surface area (Å²) in [6.45, 7) is 3.02. The molecule has 0 radical (unpaired) electrons. The molecule has 0 aliphatic carbocycles. The fourth-order valence-electron chi connectivity index (χ4n) is 3.37. The lowest BCUT2D eigenvalue weighted by Crippen LogP contribution is -2.40. The highest BCUT2D eigenvalue weighted by molar-refractivity contribution is 7.18. The second kappa shape index (κ2) is 11.7. The summed E-state index contributed by atoms with van der Waals surface area (Å²) in [4.78, 5) is 26.7. The van der Waals surface area contributed by atoms with Crippen LogP contribution in [0.3, 0.4) is 0 Å². The molecule has 0 bridgehead atoms. The van der Waals surface area contributed by atoms with Crippen LogP contribution in [0.2, 0.25) is 5.02 Å². The smallest absolute Gasteiger partial charge is 0.335 e. The largest absolute Gasteiger partial charge is 0.416 e. The zero-order chi connectivity index (χ0) is 28.3. The standard InChI is InChI=1S/C24H21ClF6N4O2S/c1-3-13(2)35(21(37)15-10-16(23(26,27)28)12-17(11-15)24(29,30)31)9-8-19(36)32-22-34-33-20(38-22)14-4-6-18(25)7-5-14/h4-7,10-13H,3,8-9H2,1-2H3,(H,32,34,36)/t13-/m0/s1. The summed E-state index contributed by atoms with van der Waals surface area (Å²) in [7, 11) is 0. The van der Waals surface area contributed by atoms with E-state index in [2.05, 4.69) is 15.5 Å². The Morgan fingerprint density at radius 2 is 1.58 bits per heavy atom. The van der Waals surface area contributed by atoms with Crippen molar-refractivity contribution in [2.75, 3.05) is 11.9 Å². The van der Waals surface area contributed by atoms with Crippen molar-refractivity contribution in [2.45, 2.75) is 45.1 Å². The van der Waals surface area contributed by atoms with E-state index in [4.69, 9.17) is 11.6 Å². The van der Waals surface area contributed by atoms with E-state index in [0.29, 0.717) is 28.6 Å². The van der Waals surface area contributed by atoms with Gasteiger partial charge in [-0.3, -0.25) is 9.59 Å². The maximum atomic E-state index is 13.3. The van der Waals surface area contributed by atoms with Gasteiger partial charge in [-0.2, -0.15) is 26.3 Å². The van der Waals surface area contributed by atoms with E-state index in [0.717, 1.165) is 21.8 Å². The van der Waals surface area contributed by atoms with Crippen molar-refractivity contribution in [1.29, 1.82) is 0 Å². The Hall–Kier alpha value is -3.19. The number of aromatic nitrogens is 2. The van der Waals surface area contributed by atoms with Crippen molar-refractivity contribution >= 4 is 39.9 Å². The van der Waals surface area contributed by atoms with Crippen molar-refractivity contribution < 1.29 is 35.9 Å². The number of carbonyl (C=O) groups is 2. The van der Waals surface area contributed by atoms with E-state index in [1.807, 2.05) is 0 Å². The number of anilines is 1. The number of halogens is 7. The van der Waals surface area contributed by atoms with E-state index >= 15 is 0 Å². The molecule has 3 aromatic rings. The average molecular weight is 579 g/mol. The summed E-state index contributed by atoms with van der Waals surface area (Å²) in [5.41, 5.74) is -3.24. The maximum Gasteiger partial charge on any atom is 0.416 e. The van der Waals surface area contributed by atoms with Gasteiger partial charge in [0.15, 0.2) is 0 Å². The van der Waals surface area contributed by atoms with Crippen molar-refractivity contribution in [3.8, 4) is 10.6 Å². The molecule has 204 valence electrons. The third kappa shape index (κ3) is 7.44. The van der Waals surface area contributed by atoms with Crippen LogP contribution in [0.25, 0.3) is 10.6 Å². The quantitative estimate of drug-likeness (QED) is 0.288. The van der Waals surface area contributed by atoms with Gasteiger partial charge in [-0.15, -0.1) is 10.2 Å². The Kier molecular flexibility index (Phi) is 9.03. The lowest BCUT2D eigenvalue weighted by atomic mass is 10.0. The van der Waals surface area contributed by atoms with E-state index in [1.165, 1.54) is 0 Å². The van der Waals surface area contributed by atoms with Crippen LogP contribution in [0.1, 0.15) is 48.2 Å². The number of hydrogen-bond donors (Lipinski definition) is 1. The van der Waals surface area contributed by atoms with Crippen LogP contribution in [0.5, 0.6) is 0 Å². The number of benzene rings is 2. The molecule has 1 N–H and O–H groups in total. The van der Waals surface area contributed by atoms with Crippen LogP contribution in [-0.4, -0.2) is 39.5 Å². The molecule has 0 fully saturated rings. The number of alkyl halides is 6. The first kappa shape index (κ1) is 29.4. The number of hydrogen-bond acceptors (Lipinski definition) is 5. The minimum atomic E-state index is -5.09. The Bertz CT molecular complexity index is 1260. The normalized spacial score (nSPS) is 12.8. The lowest BCUT2D eigenvalue weighted by Gasteiger charge is -2.29. The third-order valence-corrected chi connectivity index (χ3v) is 6.70. The Balaban J connectivity index is 1.76. The number of amides is 2. The van der Waals surface area contributed by atoms with Gasteiger partial charge < -0.3 is 10.2 Å². The number of nitrogens with one attached hydrogen (secondary N) is 1. The Labute approximate surface area is 222 Å². The highest BCUT2D eigenvalue weighted by Crippen LogP contribution is 2.36. The van der Waals surface area contributed by atoms with Crippen LogP contribution >= 0.6 is 22.9 Å². The average Bonchev–Trinajstić information content (AvgIpc) is 3.31. The van der Waals surface area contributed by atoms with Crippen LogP contribution < -0.4 is 5.32 Å². The number of carbonyl (C=O) groups excluding carboxylic acids is 2. The van der Waals surface area contributed by atoms with E-state index in [9.17, 15) is 35.9 Å². The van der Waals surface area contributed by atoms with Crippen LogP contribution in [-0.2, 0) is 17.1 Å². The van der Waals surface area contributed by atoms with E-state index in [1.54, 1.807) is 38.1 Å². The molecule has 14 heteroatoms. The molecule has 2 aromatic carbocycles. The molecule has 0 saturated heterocycles. The molecule has 0 aliphatic rings. The summed E-state index contributed by atoms with van der Waals surface area (Å²) in [6.07, 6.45) is -10.1. The highest BCUT2D eigenvalue weighted by Gasteiger charge is 2.38. The molecule has 0 spiro atoms. The maximum absolute atomic E-state index is 13.3. The Morgan fingerprint density at radius 1 is 1.00 bits per heavy atom. The molecule has 0 saturated carbocycles. The molecular formula is C24H21ClF6N4O2S. The zero-order valence-electron chi connectivity index (χ0n) is 20.0. The predicted molar refractivity (Wildman–Crippen MR) is 131 cm³/mol. The van der Waals surface area contributed by atoms with Gasteiger partial charge in [-0.1, -0.05) is 42.0 Å². The van der Waals surface area contributed by atoms with Gasteiger partial charge in [0, 0.05) is 35.2 Å². The van der Waals surface area contributed by atoms with Crippen LogP contribution in [0, 0.1) is 0 Å². The van der Waals surface area contributed by atoms with Crippen molar-refractivity contribution in [3.05, 3.63) is 64.2 Å². The van der Waals surface area contributed by atoms with Crippen molar-refractivity contribution in [1.82, 2.24) is 15.1 Å². The number of rotatable bonds is 8. The van der Waals surface area contributed by atoms with Gasteiger partial charge in [0.05, 0.1) is 11.1 Å². The third-order valence-electron chi connectivity index (χ3n) is 5.56. The molecule has 1 heterocycles. The van der Waals surface area contributed by atoms with Gasteiger partial charge >= 0.3 is 12.4 Å². The summed E-state index contributed by atoms with van der Waals surface area (Å²) in [5.74, 6) is -1.62. The van der Waals surface area contributed by atoms with Crippen molar-refractivity contribution in [2.24, 2.45) is 0 Å². The van der Waals surface area contributed by atoms with E-state index in [-0.39, 0.29) is 24.2 Å². The molecule has 1 atom stereocenters. The summed E-state index contributed by atoms with van der Waals surface area (Å²) in [6, 6.07) is 6.93. The first-order valence-electron chi connectivity index (χ1n) is 11.2. The summed E-state index contributed by atoms with van der Waals surface area (Å²) >= 11 is 6.95. The molecule has 0 aliphatic heterocycles. The molecule has 6 nitrogen and oxygen atoms in total. The second-order valence-electron chi connectivity index (χ2n) is 8.27. The molecular weight excluding hydrogens is 558 g/mol. The molecule has 1 aromatic heterocycles. The summed E-state index contributed by atoms with van der Waals surface area (Å²) < 4.78 is 79.5. The summed E-state index contributed by atoms with van der Waals surface area (Å²) in [5, 5.41) is 11.6. The minimum Gasteiger partial charge on any atom is -0.335 e. The van der Waals surface area contributed by atoms with Gasteiger partial charge in [0.1, 0.15) is 5.01 Å². The first-order valence-corrected chi connectivity index (χ1v) is 12.4. The molecule has 0 unspecified atom stereocenters. The highest BCUT2D eigenvalue weighted by atomic mass is 35.5. The molecule has 38 heavy (non-hydrogen) atoms. The van der Waals surface area contributed by atoms with Gasteiger partial charge in [0.2, 0.25) is 11.0 Å². The lowest BCUT2D eigenvalue weighted by molar-refractivity contribution is -0.143. The zero-order valence-corrected chi connectivity index (χ0v) is 21.5. The molecule has 3 rings (SSSR count). The monoisotopic (exact) mass is 578 g/mol. The van der Waals surface area contributed by atoms with Crippen molar-refractivity contribution in [3.63, 3.8) is 0 Å². The fourth-order valence-corrected chi connectivity index (χ4v) is 4.26. The Morgan fingerprint density at radius 3 is 2.11 bits per heavy atom. The SMILES string of the molecule is CC[C@H](C)N(CCC(=O)Nc1nnc(-c2ccc(Cl)cc2)s1)C(=O)c1cc(C(F)(F)F)cc(C(F)(F)F)c1. The molecule has 2 amide bonds. The topological polar surface area (TPSA) is 75.2 Å². The number of nitrogens with zero attached hydrogens (tertiary/aromatic N) is 3. The van der Waals surface area contributed by atoms with Gasteiger partial charge in [0.25, 0.3) is 5.91 Å². The first-order chi connectivity index (χ1) is 17.7. The predicted octanol–water partition coefficient (Wildman–Crippen LogP) is 7.17. The minimum absolute atomic E-state index is 0.0435. The fraction of sp³-hybridized carbons (Fsp3) is 0.333. The second-order valence-corrected chi connectivity index (χ2v) is 9.68. The van der Waals surface area contributed by atoms with Gasteiger partial charge in [-0.05, 0) is 43.7 Å². The van der Waals surface area contributed by atoms with E-state index < -0.39 is 46.9 Å².